The first-order valence-corrected chi connectivity index (χ1v) is 6.19. The van der Waals surface area contributed by atoms with E-state index < -0.39 is 0 Å². The van der Waals surface area contributed by atoms with Gasteiger partial charge in [0.2, 0.25) is 0 Å². The molecule has 1 heterocycles. The number of rotatable bonds is 2. The number of nitrogens with zero attached hydrogens (tertiary/aromatic N) is 1. The van der Waals surface area contributed by atoms with E-state index in [9.17, 15) is 0 Å². The van der Waals surface area contributed by atoms with Gasteiger partial charge in [-0.1, -0.05) is 13.8 Å². The van der Waals surface area contributed by atoms with Crippen molar-refractivity contribution in [3.8, 4) is 0 Å². The Kier molecular flexibility index (Phi) is 3.13. The van der Waals surface area contributed by atoms with E-state index in [1.165, 1.54) is 32.4 Å². The molecule has 2 nitrogen and oxygen atoms in total. The van der Waals surface area contributed by atoms with Gasteiger partial charge >= 0.3 is 0 Å². The van der Waals surface area contributed by atoms with Crippen LogP contribution in [0.3, 0.4) is 0 Å². The minimum absolute atomic E-state index is 0.689. The molecule has 1 saturated carbocycles. The van der Waals surface area contributed by atoms with Crippen LogP contribution >= 0.6 is 0 Å². The Morgan fingerprint density at radius 2 is 2.00 bits per heavy atom. The molecule has 0 amide bonds. The molecule has 82 valence electrons. The van der Waals surface area contributed by atoms with Crippen LogP contribution in [0.15, 0.2) is 0 Å². The van der Waals surface area contributed by atoms with Crippen LogP contribution in [-0.4, -0.2) is 36.1 Å². The highest BCUT2D eigenvalue weighted by molar-refractivity contribution is 4.93. The topological polar surface area (TPSA) is 15.3 Å². The van der Waals surface area contributed by atoms with Crippen LogP contribution < -0.4 is 5.32 Å². The minimum Gasteiger partial charge on any atom is -0.311 e. The van der Waals surface area contributed by atoms with Crippen LogP contribution in [0.5, 0.6) is 0 Å². The minimum atomic E-state index is 0.689. The van der Waals surface area contributed by atoms with E-state index in [1.54, 1.807) is 0 Å². The number of nitrogens with one attached hydrogen (secondary N) is 1. The second kappa shape index (κ2) is 4.19. The predicted octanol–water partition coefficient (Wildman–Crippen LogP) is 1.86. The van der Waals surface area contributed by atoms with Gasteiger partial charge in [0.1, 0.15) is 0 Å². The smallest absolute Gasteiger partial charge is 0.0221 e. The average molecular weight is 196 g/mol. The second-order valence-electron chi connectivity index (χ2n) is 5.30. The van der Waals surface area contributed by atoms with Gasteiger partial charge in [-0.3, -0.25) is 4.90 Å². The summed E-state index contributed by atoms with van der Waals surface area (Å²) in [4.78, 5) is 2.77. The van der Waals surface area contributed by atoms with Crippen LogP contribution in [0.2, 0.25) is 0 Å². The third-order valence-corrected chi connectivity index (χ3v) is 3.94. The Morgan fingerprint density at radius 1 is 1.29 bits per heavy atom. The molecule has 0 aromatic rings. The van der Waals surface area contributed by atoms with Gasteiger partial charge in [0.05, 0.1) is 0 Å². The molecular formula is C12H24N2. The summed E-state index contributed by atoms with van der Waals surface area (Å²) in [6.45, 7) is 9.46. The van der Waals surface area contributed by atoms with E-state index >= 15 is 0 Å². The van der Waals surface area contributed by atoms with Gasteiger partial charge in [-0.2, -0.15) is 0 Å². The molecule has 2 rings (SSSR count). The van der Waals surface area contributed by atoms with Crippen molar-refractivity contribution in [2.75, 3.05) is 13.1 Å². The fraction of sp³-hybridized carbons (Fsp3) is 1.00. The van der Waals surface area contributed by atoms with E-state index in [1.807, 2.05) is 0 Å². The van der Waals surface area contributed by atoms with E-state index in [0.29, 0.717) is 6.04 Å². The number of hydrogen-bond donors (Lipinski definition) is 1. The first kappa shape index (κ1) is 10.4. The summed E-state index contributed by atoms with van der Waals surface area (Å²) in [6, 6.07) is 2.39. The molecule has 1 aliphatic carbocycles. The zero-order valence-electron chi connectivity index (χ0n) is 9.79. The van der Waals surface area contributed by atoms with Gasteiger partial charge in [-0.05, 0) is 32.1 Å². The third-order valence-electron chi connectivity index (χ3n) is 3.94. The molecule has 1 aliphatic heterocycles. The maximum Gasteiger partial charge on any atom is 0.0221 e. The highest BCUT2D eigenvalue weighted by atomic mass is 15.3. The van der Waals surface area contributed by atoms with Gasteiger partial charge in [0, 0.05) is 31.2 Å². The summed E-state index contributed by atoms with van der Waals surface area (Å²) < 4.78 is 0. The fourth-order valence-corrected chi connectivity index (χ4v) is 2.94. The Labute approximate surface area is 88.1 Å². The summed E-state index contributed by atoms with van der Waals surface area (Å²) in [6.07, 6.45) is 4.16. The molecule has 2 unspecified atom stereocenters. The fourth-order valence-electron chi connectivity index (χ4n) is 2.94. The molecule has 0 aromatic heterocycles. The Bertz CT molecular complexity index is 187. The zero-order valence-corrected chi connectivity index (χ0v) is 9.79. The van der Waals surface area contributed by atoms with Crippen molar-refractivity contribution in [3.05, 3.63) is 0 Å². The molecule has 1 saturated heterocycles. The Hall–Kier alpha value is -0.0800. The molecule has 1 N–H and O–H groups in total. The maximum absolute atomic E-state index is 3.59. The van der Waals surface area contributed by atoms with Gasteiger partial charge in [0.15, 0.2) is 0 Å². The summed E-state index contributed by atoms with van der Waals surface area (Å²) in [5.74, 6) is 0.975. The zero-order chi connectivity index (χ0) is 10.1. The molecule has 2 atom stereocenters. The van der Waals surface area contributed by atoms with Gasteiger partial charge < -0.3 is 5.32 Å². The van der Waals surface area contributed by atoms with Crippen molar-refractivity contribution in [1.82, 2.24) is 10.2 Å². The second-order valence-corrected chi connectivity index (χ2v) is 5.30. The summed E-state index contributed by atoms with van der Waals surface area (Å²) >= 11 is 0. The summed E-state index contributed by atoms with van der Waals surface area (Å²) in [5.41, 5.74) is 0. The predicted molar refractivity (Wildman–Crippen MR) is 60.4 cm³/mol. The molecule has 0 spiro atoms. The van der Waals surface area contributed by atoms with Gasteiger partial charge in [-0.25, -0.2) is 0 Å². The van der Waals surface area contributed by atoms with Crippen LogP contribution in [-0.2, 0) is 0 Å². The standard InChI is InChI=1S/C12H24N2/c1-4-11-7-13-10(3)8-14(11)12-5-9(2)6-12/h9-13H,4-8H2,1-3H3. The quantitative estimate of drug-likeness (QED) is 0.725. The largest absolute Gasteiger partial charge is 0.311 e. The molecule has 2 heteroatoms. The van der Waals surface area contributed by atoms with Crippen LogP contribution in [0.25, 0.3) is 0 Å². The summed E-state index contributed by atoms with van der Waals surface area (Å²) in [5, 5.41) is 3.59. The number of piperazine rings is 1. The van der Waals surface area contributed by atoms with E-state index in [0.717, 1.165) is 18.0 Å². The van der Waals surface area contributed by atoms with E-state index in [4.69, 9.17) is 0 Å². The van der Waals surface area contributed by atoms with Crippen molar-refractivity contribution in [2.45, 2.75) is 58.2 Å². The van der Waals surface area contributed by atoms with Crippen LogP contribution in [0.1, 0.15) is 40.0 Å². The lowest BCUT2D eigenvalue weighted by Gasteiger charge is -2.49. The molecular weight excluding hydrogens is 172 g/mol. The summed E-state index contributed by atoms with van der Waals surface area (Å²) in [7, 11) is 0. The van der Waals surface area contributed by atoms with Gasteiger partial charge in [-0.15, -0.1) is 0 Å². The maximum atomic E-state index is 3.59. The monoisotopic (exact) mass is 196 g/mol. The Balaban J connectivity index is 1.92. The van der Waals surface area contributed by atoms with E-state index in [2.05, 4.69) is 31.0 Å². The molecule has 0 aromatic carbocycles. The molecule has 2 aliphatic rings. The lowest BCUT2D eigenvalue weighted by molar-refractivity contribution is 0.0193. The average Bonchev–Trinajstić information content (AvgIpc) is 2.13. The Morgan fingerprint density at radius 3 is 2.57 bits per heavy atom. The SMILES string of the molecule is CCC1CNC(C)CN1C1CC(C)C1. The third kappa shape index (κ3) is 1.96. The van der Waals surface area contributed by atoms with Crippen molar-refractivity contribution in [1.29, 1.82) is 0 Å². The van der Waals surface area contributed by atoms with Crippen molar-refractivity contribution >= 4 is 0 Å². The van der Waals surface area contributed by atoms with Crippen LogP contribution in [0, 0.1) is 5.92 Å². The first-order valence-electron chi connectivity index (χ1n) is 6.19. The lowest BCUT2D eigenvalue weighted by atomic mass is 9.79. The number of hydrogen-bond acceptors (Lipinski definition) is 2. The van der Waals surface area contributed by atoms with Crippen molar-refractivity contribution in [3.63, 3.8) is 0 Å². The van der Waals surface area contributed by atoms with Gasteiger partial charge in [0.25, 0.3) is 0 Å². The normalized spacial score (nSPS) is 44.8. The van der Waals surface area contributed by atoms with E-state index in [-0.39, 0.29) is 0 Å². The van der Waals surface area contributed by atoms with Crippen molar-refractivity contribution < 1.29 is 0 Å². The lowest BCUT2D eigenvalue weighted by Crippen LogP contribution is -2.60. The molecule has 14 heavy (non-hydrogen) atoms. The molecule has 0 bridgehead atoms. The molecule has 2 fully saturated rings. The van der Waals surface area contributed by atoms with Crippen molar-refractivity contribution in [2.24, 2.45) is 5.92 Å². The molecule has 0 radical (unpaired) electrons. The highest BCUT2D eigenvalue weighted by Gasteiger charge is 2.36. The highest BCUT2D eigenvalue weighted by Crippen LogP contribution is 2.33. The first-order chi connectivity index (χ1) is 6.70. The van der Waals surface area contributed by atoms with Crippen LogP contribution in [0.4, 0.5) is 0 Å².